The van der Waals surface area contributed by atoms with Crippen molar-refractivity contribution in [1.82, 2.24) is 10.2 Å². The largest absolute Gasteiger partial charge is 0.357 e. The van der Waals surface area contributed by atoms with Crippen LogP contribution in [0.2, 0.25) is 0 Å². The number of nitrogens with zero attached hydrogens (tertiary/aromatic N) is 2. The molecule has 0 aliphatic rings. The topological polar surface area (TPSA) is 61.8 Å². The van der Waals surface area contributed by atoms with Gasteiger partial charge in [-0.3, -0.25) is 4.99 Å². The van der Waals surface area contributed by atoms with Gasteiger partial charge in [0.25, 0.3) is 0 Å². The Labute approximate surface area is 153 Å². The number of hydrogen-bond donors (Lipinski definition) is 1. The number of nitrogens with one attached hydrogen (secondary N) is 1. The predicted molar refractivity (Wildman–Crippen MR) is 107 cm³/mol. The summed E-state index contributed by atoms with van der Waals surface area (Å²) in [5.74, 6) is 1.05. The monoisotopic (exact) mass is 445 g/mol. The van der Waals surface area contributed by atoms with E-state index in [1.807, 2.05) is 20.0 Å². The van der Waals surface area contributed by atoms with E-state index >= 15 is 0 Å². The standard InChI is InChI=1S/C15H31N3O2S.HI/c1-5-7-8-9-10-13-18(3)15(16-6-2)17-12-11-14-21(4,19)20;/h5H,1,6-14H2,2-4H3,(H,16,17);1H. The summed E-state index contributed by atoms with van der Waals surface area (Å²) in [5.41, 5.74) is 0. The molecule has 0 atom stereocenters. The molecule has 0 aliphatic carbocycles. The van der Waals surface area contributed by atoms with Crippen LogP contribution in [-0.2, 0) is 9.84 Å². The van der Waals surface area contributed by atoms with E-state index in [1.54, 1.807) is 0 Å². The van der Waals surface area contributed by atoms with E-state index in [1.165, 1.54) is 19.1 Å². The van der Waals surface area contributed by atoms with Crippen LogP contribution >= 0.6 is 24.0 Å². The molecule has 0 saturated heterocycles. The first kappa shape index (κ1) is 23.9. The molecule has 0 aromatic rings. The van der Waals surface area contributed by atoms with E-state index in [4.69, 9.17) is 0 Å². The molecule has 0 bridgehead atoms. The van der Waals surface area contributed by atoms with E-state index in [-0.39, 0.29) is 29.7 Å². The molecule has 0 rings (SSSR count). The van der Waals surface area contributed by atoms with Crippen LogP contribution in [0.5, 0.6) is 0 Å². The number of rotatable bonds is 11. The van der Waals surface area contributed by atoms with Crippen LogP contribution < -0.4 is 5.32 Å². The Morgan fingerprint density at radius 3 is 2.50 bits per heavy atom. The fourth-order valence-electron chi connectivity index (χ4n) is 1.90. The molecule has 132 valence electrons. The molecule has 7 heteroatoms. The van der Waals surface area contributed by atoms with Crippen molar-refractivity contribution < 1.29 is 8.42 Å². The highest BCUT2D eigenvalue weighted by molar-refractivity contribution is 14.0. The van der Waals surface area contributed by atoms with Crippen LogP contribution in [0.15, 0.2) is 17.6 Å². The van der Waals surface area contributed by atoms with Crippen LogP contribution in [0.25, 0.3) is 0 Å². The molecule has 5 nitrogen and oxygen atoms in total. The Morgan fingerprint density at radius 1 is 1.27 bits per heavy atom. The van der Waals surface area contributed by atoms with Gasteiger partial charge in [0.05, 0.1) is 5.75 Å². The van der Waals surface area contributed by atoms with Crippen LogP contribution in [0.1, 0.15) is 39.0 Å². The minimum atomic E-state index is -2.89. The van der Waals surface area contributed by atoms with Crippen LogP contribution in [0.3, 0.4) is 0 Å². The Bertz CT molecular complexity index is 411. The molecular formula is C15H32IN3O2S. The number of hydrogen-bond acceptors (Lipinski definition) is 3. The van der Waals surface area contributed by atoms with E-state index in [9.17, 15) is 8.42 Å². The maximum absolute atomic E-state index is 11.1. The van der Waals surface area contributed by atoms with Crippen molar-refractivity contribution in [2.75, 3.05) is 38.7 Å². The second kappa shape index (κ2) is 14.3. The maximum Gasteiger partial charge on any atom is 0.193 e. The van der Waals surface area contributed by atoms with E-state index in [0.29, 0.717) is 13.0 Å². The maximum atomic E-state index is 11.1. The van der Waals surface area contributed by atoms with Gasteiger partial charge >= 0.3 is 0 Å². The zero-order valence-corrected chi connectivity index (χ0v) is 17.3. The van der Waals surface area contributed by atoms with Crippen molar-refractivity contribution >= 4 is 39.8 Å². The quantitative estimate of drug-likeness (QED) is 0.175. The van der Waals surface area contributed by atoms with Gasteiger partial charge < -0.3 is 10.2 Å². The molecule has 0 spiro atoms. The summed E-state index contributed by atoms with van der Waals surface area (Å²) < 4.78 is 22.2. The lowest BCUT2D eigenvalue weighted by molar-refractivity contribution is 0.455. The van der Waals surface area contributed by atoms with Gasteiger partial charge in [0.2, 0.25) is 0 Å². The van der Waals surface area contributed by atoms with Crippen LogP contribution in [-0.4, -0.2) is 58.0 Å². The summed E-state index contributed by atoms with van der Waals surface area (Å²) in [5, 5.41) is 3.24. The third kappa shape index (κ3) is 14.6. The molecule has 0 unspecified atom stereocenters. The third-order valence-corrected chi connectivity index (χ3v) is 4.06. The number of aliphatic imine (C=N–C) groups is 1. The van der Waals surface area contributed by atoms with Crippen molar-refractivity contribution in [2.45, 2.75) is 39.0 Å². The van der Waals surface area contributed by atoms with Gasteiger partial charge in [0, 0.05) is 32.9 Å². The highest BCUT2D eigenvalue weighted by Crippen LogP contribution is 2.02. The lowest BCUT2D eigenvalue weighted by Gasteiger charge is -2.22. The number of allylic oxidation sites excluding steroid dienone is 1. The van der Waals surface area contributed by atoms with Crippen molar-refractivity contribution in [3.8, 4) is 0 Å². The van der Waals surface area contributed by atoms with Gasteiger partial charge in [-0.05, 0) is 32.6 Å². The number of guanidine groups is 1. The summed E-state index contributed by atoms with van der Waals surface area (Å²) in [4.78, 5) is 6.59. The summed E-state index contributed by atoms with van der Waals surface area (Å²) >= 11 is 0. The molecule has 22 heavy (non-hydrogen) atoms. The van der Waals surface area contributed by atoms with Gasteiger partial charge in [-0.15, -0.1) is 30.6 Å². The highest BCUT2D eigenvalue weighted by atomic mass is 127. The average Bonchev–Trinajstić information content (AvgIpc) is 2.40. The van der Waals surface area contributed by atoms with Gasteiger partial charge in [-0.1, -0.05) is 12.5 Å². The summed E-state index contributed by atoms with van der Waals surface area (Å²) in [6.45, 7) is 8.06. The Morgan fingerprint density at radius 2 is 1.95 bits per heavy atom. The van der Waals surface area contributed by atoms with Crippen molar-refractivity contribution in [3.63, 3.8) is 0 Å². The first-order valence-electron chi connectivity index (χ1n) is 7.68. The number of unbranched alkanes of at least 4 members (excludes halogenated alkanes) is 3. The zero-order valence-electron chi connectivity index (χ0n) is 14.2. The highest BCUT2D eigenvalue weighted by Gasteiger charge is 2.05. The van der Waals surface area contributed by atoms with Crippen molar-refractivity contribution in [2.24, 2.45) is 4.99 Å². The smallest absolute Gasteiger partial charge is 0.193 e. The van der Waals surface area contributed by atoms with Crippen LogP contribution in [0, 0.1) is 0 Å². The molecule has 0 saturated carbocycles. The average molecular weight is 445 g/mol. The number of halogens is 1. The summed E-state index contributed by atoms with van der Waals surface area (Å²) in [6.07, 6.45) is 8.35. The van der Waals surface area contributed by atoms with E-state index in [0.717, 1.165) is 31.9 Å². The Kier molecular flexibility index (Phi) is 15.6. The zero-order chi connectivity index (χ0) is 16.1. The minimum Gasteiger partial charge on any atom is -0.357 e. The summed E-state index contributed by atoms with van der Waals surface area (Å²) in [6, 6.07) is 0. The van der Waals surface area contributed by atoms with Gasteiger partial charge in [-0.25, -0.2) is 8.42 Å². The molecule has 0 aromatic heterocycles. The molecule has 0 aliphatic heterocycles. The molecule has 0 aromatic carbocycles. The molecule has 0 fully saturated rings. The fraction of sp³-hybridized carbons (Fsp3) is 0.800. The van der Waals surface area contributed by atoms with Crippen molar-refractivity contribution in [3.05, 3.63) is 12.7 Å². The number of sulfone groups is 1. The summed E-state index contributed by atoms with van der Waals surface area (Å²) in [7, 11) is -0.870. The lowest BCUT2D eigenvalue weighted by Crippen LogP contribution is -2.39. The first-order valence-corrected chi connectivity index (χ1v) is 9.74. The van der Waals surface area contributed by atoms with Crippen molar-refractivity contribution in [1.29, 1.82) is 0 Å². The second-order valence-corrected chi connectivity index (χ2v) is 7.54. The lowest BCUT2D eigenvalue weighted by atomic mass is 10.2. The third-order valence-electron chi connectivity index (χ3n) is 3.03. The predicted octanol–water partition coefficient (Wildman–Crippen LogP) is 2.68. The van der Waals surface area contributed by atoms with Gasteiger partial charge in [0.1, 0.15) is 9.84 Å². The van der Waals surface area contributed by atoms with Gasteiger partial charge in [0.15, 0.2) is 5.96 Å². The Balaban J connectivity index is 0. The molecular weight excluding hydrogens is 413 g/mol. The minimum absolute atomic E-state index is 0. The van der Waals surface area contributed by atoms with E-state index in [2.05, 4.69) is 21.8 Å². The molecule has 0 radical (unpaired) electrons. The normalized spacial score (nSPS) is 11.7. The second-order valence-electron chi connectivity index (χ2n) is 5.28. The molecule has 0 heterocycles. The first-order chi connectivity index (χ1) is 9.90. The molecule has 1 N–H and O–H groups in total. The van der Waals surface area contributed by atoms with E-state index < -0.39 is 9.84 Å². The van der Waals surface area contributed by atoms with Crippen LogP contribution in [0.4, 0.5) is 0 Å². The fourth-order valence-corrected chi connectivity index (χ4v) is 2.56. The Hall–Kier alpha value is -0.310. The molecule has 0 amide bonds. The SMILES string of the molecule is C=CCCCCCN(C)C(=NCCCS(C)(=O)=O)NCC.I. The van der Waals surface area contributed by atoms with Gasteiger partial charge in [-0.2, -0.15) is 0 Å².